The van der Waals surface area contributed by atoms with Crippen molar-refractivity contribution in [1.29, 1.82) is 0 Å². The van der Waals surface area contributed by atoms with E-state index in [1.807, 2.05) is 29.7 Å². The van der Waals surface area contributed by atoms with E-state index in [9.17, 15) is 9.90 Å². The molecule has 1 aromatic carbocycles. The molecular weight excluding hydrogens is 394 g/mol. The SMILES string of the molecule is CCC[C@@H](c1nc2ccc(Br)cc2c(=O)n1CC)N1CCC[C@H](CO)C1. The zero-order valence-electron chi connectivity index (χ0n) is 15.6. The summed E-state index contributed by atoms with van der Waals surface area (Å²) in [6, 6.07) is 5.83. The summed E-state index contributed by atoms with van der Waals surface area (Å²) in [6.45, 7) is 6.90. The summed E-state index contributed by atoms with van der Waals surface area (Å²) in [5, 5.41) is 10.3. The topological polar surface area (TPSA) is 58.4 Å². The molecule has 0 saturated carbocycles. The maximum absolute atomic E-state index is 13.1. The number of fused-ring (bicyclic) bond motifs is 1. The van der Waals surface area contributed by atoms with E-state index in [1.165, 1.54) is 0 Å². The number of piperidine rings is 1. The third-order valence-electron chi connectivity index (χ3n) is 5.37. The van der Waals surface area contributed by atoms with Crippen molar-refractivity contribution in [1.82, 2.24) is 14.5 Å². The molecule has 0 unspecified atom stereocenters. The number of aromatic nitrogens is 2. The van der Waals surface area contributed by atoms with Gasteiger partial charge in [0.15, 0.2) is 0 Å². The first-order valence-corrected chi connectivity index (χ1v) is 10.4. The fourth-order valence-electron chi connectivity index (χ4n) is 4.05. The molecule has 1 aliphatic rings. The molecule has 2 heterocycles. The van der Waals surface area contributed by atoms with Gasteiger partial charge in [-0.15, -0.1) is 0 Å². The van der Waals surface area contributed by atoms with Crippen LogP contribution in [0.2, 0.25) is 0 Å². The summed E-state index contributed by atoms with van der Waals surface area (Å²) >= 11 is 3.45. The number of benzene rings is 1. The van der Waals surface area contributed by atoms with Crippen LogP contribution in [0.25, 0.3) is 10.9 Å². The predicted molar refractivity (Wildman–Crippen MR) is 108 cm³/mol. The Bertz CT molecular complexity index is 821. The number of hydrogen-bond donors (Lipinski definition) is 1. The number of likely N-dealkylation sites (tertiary alicyclic amines) is 1. The number of aliphatic hydroxyl groups is 1. The van der Waals surface area contributed by atoms with Crippen LogP contribution < -0.4 is 5.56 Å². The first kappa shape index (κ1) is 19.5. The van der Waals surface area contributed by atoms with E-state index in [4.69, 9.17) is 4.98 Å². The molecule has 0 aliphatic carbocycles. The molecule has 0 amide bonds. The van der Waals surface area contributed by atoms with Gasteiger partial charge < -0.3 is 5.11 Å². The van der Waals surface area contributed by atoms with Gasteiger partial charge in [-0.05, 0) is 56.8 Å². The van der Waals surface area contributed by atoms with E-state index in [0.29, 0.717) is 17.8 Å². The van der Waals surface area contributed by atoms with Crippen LogP contribution in [0.1, 0.15) is 51.4 Å². The second-order valence-electron chi connectivity index (χ2n) is 7.17. The lowest BCUT2D eigenvalue weighted by Gasteiger charge is -2.38. The molecular formula is C20H28BrN3O2. The van der Waals surface area contributed by atoms with Crippen LogP contribution in [-0.2, 0) is 6.54 Å². The summed E-state index contributed by atoms with van der Waals surface area (Å²) in [5.41, 5.74) is 0.792. The van der Waals surface area contributed by atoms with E-state index in [1.54, 1.807) is 0 Å². The highest BCUT2D eigenvalue weighted by Crippen LogP contribution is 2.30. The lowest BCUT2D eigenvalue weighted by molar-refractivity contribution is 0.0785. The lowest BCUT2D eigenvalue weighted by Crippen LogP contribution is -2.41. The van der Waals surface area contributed by atoms with Crippen molar-refractivity contribution in [3.8, 4) is 0 Å². The van der Waals surface area contributed by atoms with E-state index in [-0.39, 0.29) is 18.2 Å². The molecule has 6 heteroatoms. The van der Waals surface area contributed by atoms with Crippen LogP contribution in [0.4, 0.5) is 0 Å². The zero-order valence-corrected chi connectivity index (χ0v) is 17.2. The zero-order chi connectivity index (χ0) is 18.7. The van der Waals surface area contributed by atoms with Crippen LogP contribution in [0.15, 0.2) is 27.5 Å². The van der Waals surface area contributed by atoms with Gasteiger partial charge in [0.05, 0.1) is 16.9 Å². The standard InChI is InChI=1S/C20H28BrN3O2/c1-3-6-18(23-10-5-7-14(12-23)13-25)19-22-17-9-8-15(21)11-16(17)20(26)24(19)4-2/h8-9,11,14,18,25H,3-7,10,12-13H2,1-2H3/t14-,18-/m0/s1. The highest BCUT2D eigenvalue weighted by Gasteiger charge is 2.29. The van der Waals surface area contributed by atoms with Gasteiger partial charge in [-0.3, -0.25) is 14.3 Å². The molecule has 1 aliphatic heterocycles. The summed E-state index contributed by atoms with van der Waals surface area (Å²) in [5.74, 6) is 1.19. The van der Waals surface area contributed by atoms with Gasteiger partial charge in [-0.1, -0.05) is 29.3 Å². The van der Waals surface area contributed by atoms with Crippen molar-refractivity contribution in [2.24, 2.45) is 5.92 Å². The maximum atomic E-state index is 13.1. The second-order valence-corrected chi connectivity index (χ2v) is 8.09. The first-order valence-electron chi connectivity index (χ1n) is 9.63. The molecule has 1 aromatic heterocycles. The van der Waals surface area contributed by atoms with Crippen LogP contribution >= 0.6 is 15.9 Å². The smallest absolute Gasteiger partial charge is 0.261 e. The largest absolute Gasteiger partial charge is 0.396 e. The minimum Gasteiger partial charge on any atom is -0.396 e. The van der Waals surface area contributed by atoms with Crippen molar-refractivity contribution in [3.63, 3.8) is 0 Å². The average Bonchev–Trinajstić information content (AvgIpc) is 2.66. The normalized spacial score (nSPS) is 19.8. The van der Waals surface area contributed by atoms with Gasteiger partial charge in [-0.2, -0.15) is 0 Å². The second kappa shape index (κ2) is 8.63. The van der Waals surface area contributed by atoms with Crippen molar-refractivity contribution in [2.45, 2.75) is 52.1 Å². The number of halogens is 1. The molecule has 1 fully saturated rings. The molecule has 1 N–H and O–H groups in total. The number of aliphatic hydroxyl groups excluding tert-OH is 1. The van der Waals surface area contributed by atoms with Gasteiger partial charge in [-0.25, -0.2) is 4.98 Å². The highest BCUT2D eigenvalue weighted by molar-refractivity contribution is 9.10. The van der Waals surface area contributed by atoms with Gasteiger partial charge in [0.2, 0.25) is 0 Å². The minimum atomic E-state index is 0.0330. The summed E-state index contributed by atoms with van der Waals surface area (Å²) in [7, 11) is 0. The number of rotatable bonds is 6. The third-order valence-corrected chi connectivity index (χ3v) is 5.86. The quantitative estimate of drug-likeness (QED) is 0.771. The minimum absolute atomic E-state index is 0.0330. The molecule has 0 spiro atoms. The Morgan fingerprint density at radius 1 is 1.38 bits per heavy atom. The van der Waals surface area contributed by atoms with Crippen LogP contribution in [-0.4, -0.2) is 39.3 Å². The van der Waals surface area contributed by atoms with Crippen molar-refractivity contribution < 1.29 is 5.11 Å². The van der Waals surface area contributed by atoms with Gasteiger partial charge in [0.1, 0.15) is 5.82 Å². The molecule has 0 radical (unpaired) electrons. The molecule has 3 rings (SSSR count). The first-order chi connectivity index (χ1) is 12.6. The maximum Gasteiger partial charge on any atom is 0.261 e. The van der Waals surface area contributed by atoms with Gasteiger partial charge in [0, 0.05) is 24.2 Å². The van der Waals surface area contributed by atoms with Crippen LogP contribution in [0, 0.1) is 5.92 Å². The Hall–Kier alpha value is -1.24. The molecule has 5 nitrogen and oxygen atoms in total. The Balaban J connectivity index is 2.10. The molecule has 0 bridgehead atoms. The van der Waals surface area contributed by atoms with E-state index in [0.717, 1.165) is 54.6 Å². The average molecular weight is 422 g/mol. The Kier molecular flexibility index (Phi) is 6.48. The monoisotopic (exact) mass is 421 g/mol. The van der Waals surface area contributed by atoms with Crippen molar-refractivity contribution >= 4 is 26.8 Å². The Labute approximate surface area is 163 Å². The number of nitrogens with zero attached hydrogens (tertiary/aromatic N) is 3. The van der Waals surface area contributed by atoms with E-state index >= 15 is 0 Å². The van der Waals surface area contributed by atoms with Crippen LogP contribution in [0.3, 0.4) is 0 Å². The molecule has 2 aromatic rings. The van der Waals surface area contributed by atoms with Gasteiger partial charge in [0.25, 0.3) is 5.56 Å². The van der Waals surface area contributed by atoms with Crippen LogP contribution in [0.5, 0.6) is 0 Å². The van der Waals surface area contributed by atoms with Crippen molar-refractivity contribution in [2.75, 3.05) is 19.7 Å². The Morgan fingerprint density at radius 3 is 2.88 bits per heavy atom. The van der Waals surface area contributed by atoms with Crippen molar-refractivity contribution in [3.05, 3.63) is 38.9 Å². The van der Waals surface area contributed by atoms with E-state index in [2.05, 4.69) is 27.8 Å². The summed E-state index contributed by atoms with van der Waals surface area (Å²) in [6.07, 6.45) is 4.16. The fourth-order valence-corrected chi connectivity index (χ4v) is 4.41. The molecule has 142 valence electrons. The Morgan fingerprint density at radius 2 is 2.19 bits per heavy atom. The predicted octanol–water partition coefficient (Wildman–Crippen LogP) is 3.72. The summed E-state index contributed by atoms with van der Waals surface area (Å²) < 4.78 is 2.73. The molecule has 1 saturated heterocycles. The molecule has 2 atom stereocenters. The number of hydrogen-bond acceptors (Lipinski definition) is 4. The fraction of sp³-hybridized carbons (Fsp3) is 0.600. The van der Waals surface area contributed by atoms with Gasteiger partial charge >= 0.3 is 0 Å². The summed E-state index contributed by atoms with van der Waals surface area (Å²) in [4.78, 5) is 20.4. The third kappa shape index (κ3) is 3.87. The lowest BCUT2D eigenvalue weighted by atomic mass is 9.96. The highest BCUT2D eigenvalue weighted by atomic mass is 79.9. The van der Waals surface area contributed by atoms with E-state index < -0.39 is 0 Å². The molecule has 26 heavy (non-hydrogen) atoms.